The predicted octanol–water partition coefficient (Wildman–Crippen LogP) is 2.50. The molecule has 0 saturated heterocycles. The predicted molar refractivity (Wildman–Crippen MR) is 40.4 cm³/mol. The molecule has 0 spiro atoms. The Balaban J connectivity index is 2.13. The summed E-state index contributed by atoms with van der Waals surface area (Å²) in [4.78, 5) is 0. The Hall–Kier alpha value is 0.350. The zero-order valence-electron chi connectivity index (χ0n) is 5.27. The quantitative estimate of drug-likeness (QED) is 0.518. The van der Waals surface area contributed by atoms with Crippen LogP contribution in [-0.4, -0.2) is 5.75 Å². The van der Waals surface area contributed by atoms with Gasteiger partial charge in [-0.25, -0.2) is 0 Å². The molecule has 0 aromatic heterocycles. The Morgan fingerprint density at radius 1 is 1.12 bits per heavy atom. The summed E-state index contributed by atoms with van der Waals surface area (Å²) in [6.07, 6.45) is 7.23. The third-order valence-corrected chi connectivity index (χ3v) is 2.50. The maximum Gasteiger partial charge on any atom is -0.00695 e. The summed E-state index contributed by atoms with van der Waals surface area (Å²) < 4.78 is 0. The van der Waals surface area contributed by atoms with Crippen LogP contribution < -0.4 is 0 Å². The van der Waals surface area contributed by atoms with Gasteiger partial charge in [-0.1, -0.05) is 19.3 Å². The first-order valence-corrected chi connectivity index (χ1v) is 4.17. The Kier molecular flexibility index (Phi) is 2.74. The second-order valence-electron chi connectivity index (χ2n) is 2.69. The van der Waals surface area contributed by atoms with Crippen molar-refractivity contribution in [1.29, 1.82) is 0 Å². The van der Waals surface area contributed by atoms with Crippen molar-refractivity contribution in [3.63, 3.8) is 0 Å². The molecule has 0 aliphatic heterocycles. The molecule has 0 amide bonds. The van der Waals surface area contributed by atoms with E-state index in [2.05, 4.69) is 12.6 Å². The van der Waals surface area contributed by atoms with Gasteiger partial charge in [0.25, 0.3) is 0 Å². The van der Waals surface area contributed by atoms with Crippen molar-refractivity contribution in [3.8, 4) is 0 Å². The zero-order chi connectivity index (χ0) is 5.82. The SMILES string of the molecule is SCC1CCCCC1. The highest BCUT2D eigenvalue weighted by Crippen LogP contribution is 2.23. The molecule has 0 aromatic carbocycles. The first-order valence-electron chi connectivity index (χ1n) is 3.54. The minimum absolute atomic E-state index is 0.951. The van der Waals surface area contributed by atoms with Gasteiger partial charge in [0.1, 0.15) is 0 Å². The van der Waals surface area contributed by atoms with E-state index in [1.165, 1.54) is 32.1 Å². The lowest BCUT2D eigenvalue weighted by molar-refractivity contribution is 0.391. The summed E-state index contributed by atoms with van der Waals surface area (Å²) in [5, 5.41) is 0. The number of hydrogen-bond donors (Lipinski definition) is 1. The minimum Gasteiger partial charge on any atom is -0.179 e. The van der Waals surface area contributed by atoms with E-state index in [9.17, 15) is 0 Å². The van der Waals surface area contributed by atoms with Crippen LogP contribution in [-0.2, 0) is 0 Å². The van der Waals surface area contributed by atoms with Gasteiger partial charge in [-0.05, 0) is 24.5 Å². The first kappa shape index (κ1) is 6.47. The molecule has 1 aliphatic rings. The van der Waals surface area contributed by atoms with Crippen molar-refractivity contribution < 1.29 is 0 Å². The van der Waals surface area contributed by atoms with Crippen LogP contribution in [0.5, 0.6) is 0 Å². The third kappa shape index (κ3) is 1.70. The maximum absolute atomic E-state index is 4.26. The van der Waals surface area contributed by atoms with Gasteiger partial charge in [0.05, 0.1) is 0 Å². The summed E-state index contributed by atoms with van der Waals surface area (Å²) in [7, 11) is 0. The fourth-order valence-corrected chi connectivity index (χ4v) is 1.73. The van der Waals surface area contributed by atoms with Crippen molar-refractivity contribution in [3.05, 3.63) is 0 Å². The van der Waals surface area contributed by atoms with Gasteiger partial charge in [-0.15, -0.1) is 0 Å². The van der Waals surface area contributed by atoms with Crippen molar-refractivity contribution in [1.82, 2.24) is 0 Å². The number of hydrogen-bond acceptors (Lipinski definition) is 1. The summed E-state index contributed by atoms with van der Waals surface area (Å²) in [6, 6.07) is 0. The number of rotatable bonds is 1. The molecule has 1 saturated carbocycles. The normalized spacial score (nSPS) is 23.6. The van der Waals surface area contributed by atoms with Crippen molar-refractivity contribution in [2.75, 3.05) is 5.75 Å². The average Bonchev–Trinajstić information content (AvgIpc) is 1.90. The summed E-state index contributed by atoms with van der Waals surface area (Å²) >= 11 is 4.26. The van der Waals surface area contributed by atoms with Crippen LogP contribution in [0.15, 0.2) is 0 Å². The van der Waals surface area contributed by atoms with Gasteiger partial charge in [-0.3, -0.25) is 0 Å². The molecule has 0 aromatic rings. The molecule has 1 fully saturated rings. The van der Waals surface area contributed by atoms with Gasteiger partial charge >= 0.3 is 0 Å². The highest BCUT2D eigenvalue weighted by Gasteiger charge is 2.10. The molecule has 0 radical (unpaired) electrons. The Morgan fingerprint density at radius 2 is 1.75 bits per heavy atom. The largest absolute Gasteiger partial charge is 0.179 e. The van der Waals surface area contributed by atoms with Gasteiger partial charge in [-0.2, -0.15) is 12.6 Å². The highest BCUT2D eigenvalue weighted by atomic mass is 32.1. The standard InChI is InChI=1S/C7H14S/c8-6-7-4-2-1-3-5-7/h7-8H,1-6H2. The molecule has 0 N–H and O–H groups in total. The van der Waals surface area contributed by atoms with Gasteiger partial charge in [0.2, 0.25) is 0 Å². The number of thiol groups is 1. The smallest absolute Gasteiger partial charge is 0.00695 e. The lowest BCUT2D eigenvalue weighted by atomic mass is 9.91. The molecule has 48 valence electrons. The first-order chi connectivity index (χ1) is 3.93. The Labute approximate surface area is 57.1 Å². The monoisotopic (exact) mass is 130 g/mol. The fourth-order valence-electron chi connectivity index (χ4n) is 1.37. The van der Waals surface area contributed by atoms with Gasteiger partial charge in [0, 0.05) is 0 Å². The molecule has 0 nitrogen and oxygen atoms in total. The fraction of sp³-hybridized carbons (Fsp3) is 1.00. The Morgan fingerprint density at radius 3 is 2.12 bits per heavy atom. The molecular formula is C7H14S. The molecule has 0 bridgehead atoms. The lowest BCUT2D eigenvalue weighted by Gasteiger charge is -2.18. The summed E-state index contributed by atoms with van der Waals surface area (Å²) in [5.41, 5.74) is 0. The van der Waals surface area contributed by atoms with Gasteiger partial charge < -0.3 is 0 Å². The van der Waals surface area contributed by atoms with E-state index < -0.39 is 0 Å². The van der Waals surface area contributed by atoms with E-state index in [4.69, 9.17) is 0 Å². The molecule has 1 aliphatic carbocycles. The third-order valence-electron chi connectivity index (χ3n) is 1.98. The summed E-state index contributed by atoms with van der Waals surface area (Å²) in [5.74, 6) is 2.06. The molecule has 0 unspecified atom stereocenters. The lowest BCUT2D eigenvalue weighted by Crippen LogP contribution is -2.06. The van der Waals surface area contributed by atoms with Crippen molar-refractivity contribution in [2.45, 2.75) is 32.1 Å². The molecule has 1 rings (SSSR count). The van der Waals surface area contributed by atoms with E-state index in [1.807, 2.05) is 0 Å². The van der Waals surface area contributed by atoms with Crippen LogP contribution in [0.2, 0.25) is 0 Å². The van der Waals surface area contributed by atoms with E-state index in [0.717, 1.165) is 11.7 Å². The second kappa shape index (κ2) is 3.39. The van der Waals surface area contributed by atoms with E-state index >= 15 is 0 Å². The molecular weight excluding hydrogens is 116 g/mol. The molecule has 0 heterocycles. The Bertz CT molecular complexity index is 55.4. The van der Waals surface area contributed by atoms with Crippen LogP contribution in [0.1, 0.15) is 32.1 Å². The topological polar surface area (TPSA) is 0 Å². The van der Waals surface area contributed by atoms with Crippen molar-refractivity contribution >= 4 is 12.6 Å². The minimum atomic E-state index is 0.951. The van der Waals surface area contributed by atoms with E-state index in [1.54, 1.807) is 0 Å². The molecule has 1 heteroatoms. The summed E-state index contributed by atoms with van der Waals surface area (Å²) in [6.45, 7) is 0. The van der Waals surface area contributed by atoms with Crippen molar-refractivity contribution in [2.24, 2.45) is 5.92 Å². The van der Waals surface area contributed by atoms with Crippen LogP contribution >= 0.6 is 12.6 Å². The van der Waals surface area contributed by atoms with Gasteiger partial charge in [0.15, 0.2) is 0 Å². The van der Waals surface area contributed by atoms with Crippen LogP contribution in [0.3, 0.4) is 0 Å². The molecule has 0 atom stereocenters. The van der Waals surface area contributed by atoms with E-state index in [-0.39, 0.29) is 0 Å². The van der Waals surface area contributed by atoms with Crippen LogP contribution in [0, 0.1) is 5.92 Å². The maximum atomic E-state index is 4.26. The molecule has 8 heavy (non-hydrogen) atoms. The van der Waals surface area contributed by atoms with Crippen LogP contribution in [0.25, 0.3) is 0 Å². The average molecular weight is 130 g/mol. The zero-order valence-corrected chi connectivity index (χ0v) is 6.16. The van der Waals surface area contributed by atoms with Crippen LogP contribution in [0.4, 0.5) is 0 Å². The van der Waals surface area contributed by atoms with E-state index in [0.29, 0.717) is 0 Å². The highest BCUT2D eigenvalue weighted by molar-refractivity contribution is 7.80. The second-order valence-corrected chi connectivity index (χ2v) is 3.05.